The largest absolute Gasteiger partial charge is 2.00 e. The molecule has 0 aromatic rings. The van der Waals surface area contributed by atoms with Crippen LogP contribution in [-0.4, -0.2) is 50.6 Å². The van der Waals surface area contributed by atoms with Gasteiger partial charge in [0.25, 0.3) is 0 Å². The summed E-state index contributed by atoms with van der Waals surface area (Å²) in [6, 6.07) is 0. The molecule has 0 aliphatic rings. The van der Waals surface area contributed by atoms with Crippen LogP contribution >= 0.6 is 0 Å². The summed E-state index contributed by atoms with van der Waals surface area (Å²) in [4.78, 5) is 20.4. The fraction of sp³-hybridized carbons (Fsp3) is 0.762. The molecule has 0 heterocycles. The first-order chi connectivity index (χ1) is 22.5. The van der Waals surface area contributed by atoms with Crippen LogP contribution < -0.4 is 0 Å². The number of thiol groups is 1. The van der Waals surface area contributed by atoms with Gasteiger partial charge in [0.2, 0.25) is 5.78 Å². The third kappa shape index (κ3) is 104. The zero-order valence-electron chi connectivity index (χ0n) is 36.3. The SMILES string of the molecule is C#C[Si](C)(C)C.CC.CC#CC(=O)CCCCC.CC#CC(O)CCCCC.CCCCCC(O)C#C[Si](C)(C)C.CCCCCC=O.[S-2].[SH-].[Y].[Y]. The van der Waals surface area contributed by atoms with E-state index in [0.717, 1.165) is 64.1 Å². The molecule has 0 aliphatic heterocycles. The second-order valence-corrected chi connectivity index (χ2v) is 22.8. The number of hydrogen-bond acceptors (Lipinski definition) is 5. The normalized spacial score (nSPS) is 9.67. The maximum absolute atomic E-state index is 10.7. The van der Waals surface area contributed by atoms with Gasteiger partial charge in [0, 0.05) is 78.3 Å². The van der Waals surface area contributed by atoms with Gasteiger partial charge in [0.1, 0.15) is 34.6 Å². The van der Waals surface area contributed by atoms with E-state index in [0.29, 0.717) is 6.42 Å². The Balaban J connectivity index is -0.0000000524. The minimum atomic E-state index is -1.29. The van der Waals surface area contributed by atoms with Gasteiger partial charge in [-0.1, -0.05) is 150 Å². The zero-order chi connectivity index (χ0) is 38.7. The van der Waals surface area contributed by atoms with E-state index in [4.69, 9.17) is 11.5 Å². The van der Waals surface area contributed by atoms with Gasteiger partial charge in [-0.2, -0.15) is 0 Å². The third-order valence-corrected chi connectivity index (χ3v) is 7.48. The number of rotatable bonds is 16. The quantitative estimate of drug-likeness (QED) is 0.0307. The van der Waals surface area contributed by atoms with Gasteiger partial charge in [-0.15, -0.1) is 23.4 Å². The van der Waals surface area contributed by atoms with E-state index in [-0.39, 0.29) is 98.2 Å². The van der Waals surface area contributed by atoms with Crippen molar-refractivity contribution in [2.45, 2.75) is 210 Å². The summed E-state index contributed by atoms with van der Waals surface area (Å²) in [7, 11) is -2.39. The number of carbonyl (C=O) groups excluding carboxylic acids is 2. The van der Waals surface area contributed by atoms with Crippen molar-refractivity contribution in [2.75, 3.05) is 0 Å². The van der Waals surface area contributed by atoms with Crippen LogP contribution in [0.15, 0.2) is 0 Å². The summed E-state index contributed by atoms with van der Waals surface area (Å²) in [5.74, 6) is 13.5. The van der Waals surface area contributed by atoms with Crippen LogP contribution in [0.3, 0.4) is 0 Å². The standard InChI is InChI=1S/C11H22OSi.C9H16O.C9H14O.C6H12O.C5H10Si.C2H6.H2S.S.2Y/c1-5-6-7-8-11(12)9-10-13(2,3)4;2*1-3-5-6-8-9(10)7-4-2;1-2-3-4-5-6-7;1-5-6(2,3)4;1-2;;;;/h11-12H,5-8H2,1-4H3;9-10H,3,5-6,8H2,1-2H3;3,5-6,8H2,1-2H3;6H,2-5H2,1H3;1H,2-4H3;1-2H3;1H2;;;/q;;;;;;;-2;;/p-1. The fourth-order valence-electron chi connectivity index (χ4n) is 3.00. The Morgan fingerprint density at radius 2 is 1.04 bits per heavy atom. The van der Waals surface area contributed by atoms with Gasteiger partial charge >= 0.3 is 0 Å². The molecular weight excluding hydrogens is 867 g/mol. The number of aldehydes is 1. The molecule has 2 N–H and O–H groups in total. The maximum Gasteiger partial charge on any atom is 0.205 e. The smallest absolute Gasteiger partial charge is 0.205 e. The fourth-order valence-corrected chi connectivity index (χ4v) is 3.60. The molecule has 0 spiro atoms. The Hall–Kier alpha value is 0.842. The second kappa shape index (κ2) is 63.8. The first-order valence-corrected chi connectivity index (χ1v) is 25.7. The van der Waals surface area contributed by atoms with Crippen LogP contribution in [0, 0.1) is 47.1 Å². The van der Waals surface area contributed by atoms with Crippen molar-refractivity contribution in [3.63, 3.8) is 0 Å². The number of hydrogen-bond donors (Lipinski definition) is 2. The first-order valence-electron chi connectivity index (χ1n) is 18.7. The number of carbonyl (C=O) groups is 2. The summed E-state index contributed by atoms with van der Waals surface area (Å²) in [5, 5.41) is 18.6. The van der Waals surface area contributed by atoms with E-state index in [2.05, 4.69) is 108 Å². The van der Waals surface area contributed by atoms with Gasteiger partial charge in [0.15, 0.2) is 0 Å². The molecule has 4 nitrogen and oxygen atoms in total. The minimum Gasteiger partial charge on any atom is -2.00 e. The van der Waals surface area contributed by atoms with Crippen molar-refractivity contribution in [3.8, 4) is 47.1 Å². The molecule has 0 fully saturated rings. The zero-order valence-corrected chi connectivity index (χ0v) is 45.7. The Kier molecular flexibility index (Phi) is 94.9. The first kappa shape index (κ1) is 77.4. The van der Waals surface area contributed by atoms with Crippen LogP contribution in [0.25, 0.3) is 0 Å². The summed E-state index contributed by atoms with van der Waals surface area (Å²) in [5.41, 5.74) is 5.93. The van der Waals surface area contributed by atoms with E-state index in [1.54, 1.807) is 13.8 Å². The molecule has 2 radical (unpaired) electrons. The van der Waals surface area contributed by atoms with Crippen LogP contribution in [0.5, 0.6) is 0 Å². The monoisotopic (exact) mass is 947 g/mol. The van der Waals surface area contributed by atoms with Crippen molar-refractivity contribution in [3.05, 3.63) is 0 Å². The molecule has 0 aromatic heterocycles. The summed E-state index contributed by atoms with van der Waals surface area (Å²) in [6.07, 6.45) is 22.1. The average molecular weight is 948 g/mol. The Bertz CT molecular complexity index is 928. The molecule has 10 heteroatoms. The van der Waals surface area contributed by atoms with E-state index < -0.39 is 28.4 Å². The number of aliphatic hydroxyl groups excluding tert-OH is 2. The number of unbranched alkanes of at least 4 members (excludes halogenated alkanes) is 9. The number of Topliss-reactive ketones (excluding diaryl/α,β-unsaturated/α-hetero) is 1. The Labute approximate surface area is 393 Å². The summed E-state index contributed by atoms with van der Waals surface area (Å²) in [6.45, 7) is 29.0. The molecule has 0 aromatic carbocycles. The van der Waals surface area contributed by atoms with Gasteiger partial charge in [-0.25, -0.2) is 0 Å². The summed E-state index contributed by atoms with van der Waals surface area (Å²) >= 11 is 0. The molecule has 0 rings (SSSR count). The molecule has 0 amide bonds. The van der Waals surface area contributed by atoms with Crippen LogP contribution in [0.1, 0.15) is 158 Å². The van der Waals surface area contributed by atoms with Crippen molar-refractivity contribution < 1.29 is 85.2 Å². The molecule has 52 heavy (non-hydrogen) atoms. The van der Waals surface area contributed by atoms with Gasteiger partial charge in [-0.3, -0.25) is 4.79 Å². The third-order valence-electron chi connectivity index (χ3n) is 5.72. The van der Waals surface area contributed by atoms with Gasteiger partial charge < -0.3 is 42.0 Å². The van der Waals surface area contributed by atoms with Crippen molar-refractivity contribution >= 4 is 55.2 Å². The molecule has 2 atom stereocenters. The molecule has 2 unspecified atom stereocenters. The van der Waals surface area contributed by atoms with Crippen molar-refractivity contribution in [1.29, 1.82) is 0 Å². The van der Waals surface area contributed by atoms with Crippen molar-refractivity contribution in [2.24, 2.45) is 0 Å². The average Bonchev–Trinajstić information content (AvgIpc) is 3.03. The van der Waals surface area contributed by atoms with E-state index in [1.165, 1.54) is 38.5 Å². The number of aliphatic hydroxyl groups is 2. The molecule has 0 bridgehead atoms. The van der Waals surface area contributed by atoms with Crippen LogP contribution in [-0.2, 0) is 102 Å². The summed E-state index contributed by atoms with van der Waals surface area (Å²) < 4.78 is 0. The number of ketones is 1. The van der Waals surface area contributed by atoms with Crippen LogP contribution in [0.4, 0.5) is 0 Å². The van der Waals surface area contributed by atoms with E-state index >= 15 is 0 Å². The van der Waals surface area contributed by atoms with Crippen molar-refractivity contribution in [1.82, 2.24) is 0 Å². The Morgan fingerprint density at radius 3 is 1.35 bits per heavy atom. The molecule has 302 valence electrons. The Morgan fingerprint density at radius 1 is 0.673 bits per heavy atom. The predicted molar refractivity (Wildman–Crippen MR) is 237 cm³/mol. The maximum atomic E-state index is 10.7. The van der Waals surface area contributed by atoms with Gasteiger partial charge in [-0.05, 0) is 58.3 Å². The molecule has 0 aliphatic carbocycles. The molecule has 0 saturated heterocycles. The minimum absolute atomic E-state index is 0. The number of terminal acetylenes is 1. The van der Waals surface area contributed by atoms with Gasteiger partial charge in [0.05, 0.1) is 0 Å². The predicted octanol–water partition coefficient (Wildman–Crippen LogP) is 10.9. The van der Waals surface area contributed by atoms with Crippen LogP contribution in [0.2, 0.25) is 39.3 Å². The van der Waals surface area contributed by atoms with E-state index in [9.17, 15) is 14.7 Å². The second-order valence-electron chi connectivity index (χ2n) is 13.2. The molecular formula is C42H81O4S2Si2Y2-3. The topological polar surface area (TPSA) is 74.6 Å². The van der Waals surface area contributed by atoms with E-state index in [1.807, 2.05) is 13.8 Å². The molecule has 0 saturated carbocycles.